The normalized spacial score (nSPS) is 23.9. The second kappa shape index (κ2) is 6.21. The molecule has 1 aliphatic carbocycles. The Morgan fingerprint density at radius 1 is 1.11 bits per heavy atom. The first-order valence-corrected chi connectivity index (χ1v) is 7.04. The van der Waals surface area contributed by atoms with E-state index in [4.69, 9.17) is 5.11 Å². The summed E-state index contributed by atoms with van der Waals surface area (Å²) in [6.45, 7) is 6.20. The number of rotatable bonds is 6. The maximum absolute atomic E-state index is 12.3. The van der Waals surface area contributed by atoms with E-state index in [1.807, 2.05) is 0 Å². The molecular formula is C14H25NO3. The molecule has 0 aromatic heterocycles. The van der Waals surface area contributed by atoms with Crippen LogP contribution in [0.3, 0.4) is 0 Å². The monoisotopic (exact) mass is 255 g/mol. The fraction of sp³-hybridized carbons (Fsp3) is 0.857. The van der Waals surface area contributed by atoms with Gasteiger partial charge >= 0.3 is 5.97 Å². The van der Waals surface area contributed by atoms with Crippen molar-refractivity contribution in [2.24, 2.45) is 11.8 Å². The van der Waals surface area contributed by atoms with Crippen molar-refractivity contribution in [3.63, 3.8) is 0 Å². The molecule has 0 spiro atoms. The number of carbonyl (C=O) groups excluding carboxylic acids is 1. The summed E-state index contributed by atoms with van der Waals surface area (Å²) >= 11 is 0. The first-order valence-electron chi connectivity index (χ1n) is 7.04. The summed E-state index contributed by atoms with van der Waals surface area (Å²) in [4.78, 5) is 23.4. The van der Waals surface area contributed by atoms with Crippen LogP contribution in [0.5, 0.6) is 0 Å². The van der Waals surface area contributed by atoms with Crippen LogP contribution >= 0.6 is 0 Å². The van der Waals surface area contributed by atoms with Crippen molar-refractivity contribution in [2.45, 2.75) is 64.8 Å². The molecule has 2 N–H and O–H groups in total. The van der Waals surface area contributed by atoms with Gasteiger partial charge < -0.3 is 10.4 Å². The minimum absolute atomic E-state index is 0.0644. The number of carbonyl (C=O) groups is 2. The standard InChI is InChI=1S/C14H25NO3/c1-4-14(5-2,6-3)15-12(16)10-8-7-9-11(10)13(17)18/h10-11H,4-9H2,1-3H3,(H,15,16)(H,17,18). The van der Waals surface area contributed by atoms with Crippen LogP contribution in [0.4, 0.5) is 0 Å². The van der Waals surface area contributed by atoms with Crippen molar-refractivity contribution in [2.75, 3.05) is 0 Å². The zero-order valence-electron chi connectivity index (χ0n) is 11.7. The van der Waals surface area contributed by atoms with E-state index in [-0.39, 0.29) is 17.4 Å². The van der Waals surface area contributed by atoms with Crippen LogP contribution in [-0.4, -0.2) is 22.5 Å². The van der Waals surface area contributed by atoms with Crippen molar-refractivity contribution >= 4 is 11.9 Å². The lowest BCUT2D eigenvalue weighted by Crippen LogP contribution is -2.50. The fourth-order valence-corrected chi connectivity index (χ4v) is 2.94. The van der Waals surface area contributed by atoms with E-state index in [1.165, 1.54) is 0 Å². The van der Waals surface area contributed by atoms with Gasteiger partial charge in [-0.15, -0.1) is 0 Å². The molecule has 0 bridgehead atoms. The van der Waals surface area contributed by atoms with E-state index >= 15 is 0 Å². The van der Waals surface area contributed by atoms with Gasteiger partial charge in [-0.2, -0.15) is 0 Å². The van der Waals surface area contributed by atoms with E-state index < -0.39 is 11.9 Å². The molecule has 0 radical (unpaired) electrons. The highest BCUT2D eigenvalue weighted by Crippen LogP contribution is 2.33. The van der Waals surface area contributed by atoms with Crippen LogP contribution < -0.4 is 5.32 Å². The Hall–Kier alpha value is -1.06. The highest BCUT2D eigenvalue weighted by Gasteiger charge is 2.39. The van der Waals surface area contributed by atoms with Crippen molar-refractivity contribution in [3.8, 4) is 0 Å². The molecule has 4 nitrogen and oxygen atoms in total. The van der Waals surface area contributed by atoms with Gasteiger partial charge in [-0.25, -0.2) is 0 Å². The molecule has 0 aromatic rings. The van der Waals surface area contributed by atoms with Crippen LogP contribution in [0.2, 0.25) is 0 Å². The minimum Gasteiger partial charge on any atom is -0.481 e. The van der Waals surface area contributed by atoms with Crippen LogP contribution in [0.1, 0.15) is 59.3 Å². The number of hydrogen-bond acceptors (Lipinski definition) is 2. The molecule has 1 aliphatic rings. The summed E-state index contributed by atoms with van der Waals surface area (Å²) in [5.74, 6) is -1.73. The number of carboxylic acid groups (broad SMARTS) is 1. The molecule has 1 rings (SSSR count). The molecule has 1 amide bonds. The molecule has 1 saturated carbocycles. The molecule has 0 aliphatic heterocycles. The lowest BCUT2D eigenvalue weighted by Gasteiger charge is -2.33. The number of hydrogen-bond donors (Lipinski definition) is 2. The number of nitrogens with one attached hydrogen (secondary N) is 1. The summed E-state index contributed by atoms with van der Waals surface area (Å²) in [6, 6.07) is 0. The third-order valence-corrected chi connectivity index (χ3v) is 4.59. The molecule has 4 heteroatoms. The maximum Gasteiger partial charge on any atom is 0.307 e. The first kappa shape index (κ1) is 15.0. The Morgan fingerprint density at radius 2 is 1.61 bits per heavy atom. The van der Waals surface area contributed by atoms with E-state index in [9.17, 15) is 9.59 Å². The summed E-state index contributed by atoms with van der Waals surface area (Å²) < 4.78 is 0. The van der Waals surface area contributed by atoms with Crippen LogP contribution in [0, 0.1) is 11.8 Å². The SMILES string of the molecule is CCC(CC)(CC)NC(=O)C1CCCC1C(=O)O. The van der Waals surface area contributed by atoms with Gasteiger partial charge in [0.05, 0.1) is 11.8 Å². The lowest BCUT2D eigenvalue weighted by molar-refractivity contribution is -0.146. The Balaban J connectivity index is 2.72. The summed E-state index contributed by atoms with van der Waals surface area (Å²) in [5.41, 5.74) is -0.164. The predicted molar refractivity (Wildman–Crippen MR) is 70.2 cm³/mol. The molecule has 104 valence electrons. The van der Waals surface area contributed by atoms with Crippen LogP contribution in [0.25, 0.3) is 0 Å². The molecule has 2 unspecified atom stereocenters. The van der Waals surface area contributed by atoms with E-state index in [0.717, 1.165) is 25.7 Å². The second-order valence-corrected chi connectivity index (χ2v) is 5.31. The molecule has 0 aromatic carbocycles. The van der Waals surface area contributed by atoms with Gasteiger partial charge in [0.1, 0.15) is 0 Å². The van der Waals surface area contributed by atoms with E-state index in [1.54, 1.807) is 0 Å². The van der Waals surface area contributed by atoms with E-state index in [2.05, 4.69) is 26.1 Å². The Morgan fingerprint density at radius 3 is 2.06 bits per heavy atom. The smallest absolute Gasteiger partial charge is 0.307 e. The summed E-state index contributed by atoms with van der Waals surface area (Å²) in [5, 5.41) is 12.2. The van der Waals surface area contributed by atoms with Crippen molar-refractivity contribution < 1.29 is 14.7 Å². The van der Waals surface area contributed by atoms with Gasteiger partial charge in [-0.3, -0.25) is 9.59 Å². The first-order chi connectivity index (χ1) is 8.49. The van der Waals surface area contributed by atoms with Crippen LogP contribution in [0.15, 0.2) is 0 Å². The fourth-order valence-electron chi connectivity index (χ4n) is 2.94. The molecular weight excluding hydrogens is 230 g/mol. The lowest BCUT2D eigenvalue weighted by atomic mass is 9.87. The number of carboxylic acids is 1. The third-order valence-electron chi connectivity index (χ3n) is 4.59. The quantitative estimate of drug-likeness (QED) is 0.766. The Labute approximate surface area is 109 Å². The third kappa shape index (κ3) is 3.03. The summed E-state index contributed by atoms with van der Waals surface area (Å²) in [7, 11) is 0. The second-order valence-electron chi connectivity index (χ2n) is 5.31. The van der Waals surface area contributed by atoms with Gasteiger partial charge in [-0.1, -0.05) is 27.2 Å². The van der Waals surface area contributed by atoms with Gasteiger partial charge in [-0.05, 0) is 32.1 Å². The number of aliphatic carboxylic acids is 1. The maximum atomic E-state index is 12.3. The molecule has 1 fully saturated rings. The van der Waals surface area contributed by atoms with Crippen molar-refractivity contribution in [1.29, 1.82) is 0 Å². The predicted octanol–water partition coefficient (Wildman–Crippen LogP) is 2.57. The minimum atomic E-state index is -0.831. The molecule has 0 heterocycles. The van der Waals surface area contributed by atoms with Gasteiger partial charge in [0, 0.05) is 5.54 Å². The van der Waals surface area contributed by atoms with Crippen molar-refractivity contribution in [3.05, 3.63) is 0 Å². The zero-order chi connectivity index (χ0) is 13.8. The largest absolute Gasteiger partial charge is 0.481 e. The zero-order valence-corrected chi connectivity index (χ0v) is 11.7. The van der Waals surface area contributed by atoms with E-state index in [0.29, 0.717) is 12.8 Å². The number of amides is 1. The molecule has 18 heavy (non-hydrogen) atoms. The van der Waals surface area contributed by atoms with Gasteiger partial charge in [0.25, 0.3) is 0 Å². The summed E-state index contributed by atoms with van der Waals surface area (Å²) in [6.07, 6.45) is 4.83. The van der Waals surface area contributed by atoms with Crippen LogP contribution in [-0.2, 0) is 9.59 Å². The van der Waals surface area contributed by atoms with Crippen molar-refractivity contribution in [1.82, 2.24) is 5.32 Å². The van der Waals surface area contributed by atoms with Gasteiger partial charge in [0.15, 0.2) is 0 Å². The molecule has 0 saturated heterocycles. The Kier molecular flexibility index (Phi) is 5.17. The Bertz CT molecular complexity index is 302. The average Bonchev–Trinajstić information content (AvgIpc) is 2.85. The topological polar surface area (TPSA) is 66.4 Å². The highest BCUT2D eigenvalue weighted by molar-refractivity contribution is 5.85. The van der Waals surface area contributed by atoms with Gasteiger partial charge in [0.2, 0.25) is 5.91 Å². The highest BCUT2D eigenvalue weighted by atomic mass is 16.4. The average molecular weight is 255 g/mol. The molecule has 2 atom stereocenters.